The Morgan fingerprint density at radius 1 is 1.26 bits per heavy atom. The summed E-state index contributed by atoms with van der Waals surface area (Å²) >= 11 is 6.20. The van der Waals surface area contributed by atoms with Crippen molar-refractivity contribution >= 4 is 40.0 Å². The van der Waals surface area contributed by atoms with E-state index < -0.39 is 5.97 Å². The van der Waals surface area contributed by atoms with Crippen LogP contribution in [0.25, 0.3) is 11.0 Å². The van der Waals surface area contributed by atoms with E-state index in [2.05, 4.69) is 15.3 Å². The first-order valence-corrected chi connectivity index (χ1v) is 8.87. The number of aryl methyl sites for hydroxylation is 2. The maximum Gasteiger partial charge on any atom is 0.341 e. The summed E-state index contributed by atoms with van der Waals surface area (Å²) in [4.78, 5) is 21.2. The van der Waals surface area contributed by atoms with E-state index in [9.17, 15) is 4.79 Å². The molecule has 7 heteroatoms. The van der Waals surface area contributed by atoms with Gasteiger partial charge < -0.3 is 14.8 Å². The predicted molar refractivity (Wildman–Crippen MR) is 106 cm³/mol. The minimum absolute atomic E-state index is 0.270. The molecule has 0 saturated heterocycles. The number of pyridine rings is 2. The van der Waals surface area contributed by atoms with Crippen LogP contribution in [-0.4, -0.2) is 29.7 Å². The number of carbonyl (C=O) groups is 1. The SMILES string of the molecule is CCOC(=O)c1cnc2nc(C)ccc2c1Nc1cc(C)c(Cl)cc1OC. The monoisotopic (exact) mass is 385 g/mol. The first kappa shape index (κ1) is 18.9. The average Bonchev–Trinajstić information content (AvgIpc) is 2.64. The summed E-state index contributed by atoms with van der Waals surface area (Å²) in [5.74, 6) is 0.102. The summed E-state index contributed by atoms with van der Waals surface area (Å²) in [5.41, 5.74) is 3.82. The molecule has 0 bridgehead atoms. The van der Waals surface area contributed by atoms with Crippen molar-refractivity contribution in [2.75, 3.05) is 19.0 Å². The Morgan fingerprint density at radius 3 is 2.74 bits per heavy atom. The van der Waals surface area contributed by atoms with Crippen molar-refractivity contribution in [1.82, 2.24) is 9.97 Å². The molecule has 2 heterocycles. The third-order valence-corrected chi connectivity index (χ3v) is 4.51. The zero-order valence-corrected chi connectivity index (χ0v) is 16.3. The van der Waals surface area contributed by atoms with Crippen LogP contribution in [-0.2, 0) is 4.74 Å². The molecular formula is C20H20ClN3O3. The largest absolute Gasteiger partial charge is 0.495 e. The van der Waals surface area contributed by atoms with Gasteiger partial charge in [-0.3, -0.25) is 0 Å². The molecule has 0 saturated carbocycles. The van der Waals surface area contributed by atoms with Gasteiger partial charge in [0.05, 0.1) is 25.1 Å². The number of fused-ring (bicyclic) bond motifs is 1. The Hall–Kier alpha value is -2.86. The molecule has 0 aliphatic carbocycles. The summed E-state index contributed by atoms with van der Waals surface area (Å²) in [6.07, 6.45) is 1.48. The van der Waals surface area contributed by atoms with Crippen LogP contribution in [0.2, 0.25) is 5.02 Å². The Labute approximate surface area is 162 Å². The molecule has 0 aliphatic heterocycles. The Kier molecular flexibility index (Phi) is 5.46. The highest BCUT2D eigenvalue weighted by molar-refractivity contribution is 6.31. The fourth-order valence-corrected chi connectivity index (χ4v) is 2.89. The lowest BCUT2D eigenvalue weighted by molar-refractivity contribution is 0.0527. The molecule has 140 valence electrons. The van der Waals surface area contributed by atoms with Gasteiger partial charge >= 0.3 is 5.97 Å². The minimum atomic E-state index is -0.459. The number of carbonyl (C=O) groups excluding carboxylic acids is 1. The van der Waals surface area contributed by atoms with Crippen molar-refractivity contribution in [3.05, 3.63) is 52.3 Å². The molecular weight excluding hydrogens is 366 g/mol. The van der Waals surface area contributed by atoms with Crippen molar-refractivity contribution in [3.8, 4) is 5.75 Å². The average molecular weight is 386 g/mol. The Morgan fingerprint density at radius 2 is 2.04 bits per heavy atom. The number of halogens is 1. The molecule has 0 unspecified atom stereocenters. The summed E-state index contributed by atoms with van der Waals surface area (Å²) in [6, 6.07) is 7.35. The maximum absolute atomic E-state index is 12.5. The quantitative estimate of drug-likeness (QED) is 0.634. The number of aromatic nitrogens is 2. The number of esters is 1. The standard InChI is InChI=1S/C20H20ClN3O3/c1-5-27-20(25)14-10-22-19-13(7-6-12(3)23-19)18(14)24-16-8-11(2)15(21)9-17(16)26-4/h6-10H,5H2,1-4H3,(H,22,23,24). The number of anilines is 2. The molecule has 3 rings (SSSR count). The van der Waals surface area contributed by atoms with Gasteiger partial charge in [-0.25, -0.2) is 14.8 Å². The molecule has 2 aromatic heterocycles. The molecule has 6 nitrogen and oxygen atoms in total. The van der Waals surface area contributed by atoms with Crippen molar-refractivity contribution in [3.63, 3.8) is 0 Å². The van der Waals surface area contributed by atoms with Crippen molar-refractivity contribution < 1.29 is 14.3 Å². The molecule has 1 aromatic carbocycles. The van der Waals surface area contributed by atoms with Gasteiger partial charge in [0.2, 0.25) is 0 Å². The van der Waals surface area contributed by atoms with E-state index in [4.69, 9.17) is 21.1 Å². The molecule has 1 N–H and O–H groups in total. The second kappa shape index (κ2) is 7.80. The summed E-state index contributed by atoms with van der Waals surface area (Å²) in [5, 5.41) is 4.60. The highest BCUT2D eigenvalue weighted by Crippen LogP contribution is 2.36. The van der Waals surface area contributed by atoms with Crippen LogP contribution in [0.5, 0.6) is 5.75 Å². The van der Waals surface area contributed by atoms with Gasteiger partial charge in [0.25, 0.3) is 0 Å². The molecule has 0 aliphatic rings. The van der Waals surface area contributed by atoms with Crippen LogP contribution in [0.1, 0.15) is 28.5 Å². The third-order valence-electron chi connectivity index (χ3n) is 4.10. The zero-order chi connectivity index (χ0) is 19.6. The Bertz CT molecular complexity index is 1020. The molecule has 3 aromatic rings. The van der Waals surface area contributed by atoms with E-state index >= 15 is 0 Å². The van der Waals surface area contributed by atoms with Gasteiger partial charge in [-0.15, -0.1) is 0 Å². The first-order valence-electron chi connectivity index (χ1n) is 8.49. The number of hydrogen-bond acceptors (Lipinski definition) is 6. The Balaban J connectivity index is 2.21. The minimum Gasteiger partial charge on any atom is -0.495 e. The second-order valence-corrected chi connectivity index (χ2v) is 6.43. The number of rotatable bonds is 5. The smallest absolute Gasteiger partial charge is 0.341 e. The van der Waals surface area contributed by atoms with E-state index in [-0.39, 0.29) is 6.61 Å². The van der Waals surface area contributed by atoms with Crippen molar-refractivity contribution in [1.29, 1.82) is 0 Å². The number of ether oxygens (including phenoxy) is 2. The summed E-state index contributed by atoms with van der Waals surface area (Å²) < 4.78 is 10.6. The molecule has 0 spiro atoms. The van der Waals surface area contributed by atoms with Gasteiger partial charge in [-0.05, 0) is 44.5 Å². The molecule has 0 amide bonds. The molecule has 0 atom stereocenters. The summed E-state index contributed by atoms with van der Waals surface area (Å²) in [7, 11) is 1.56. The van der Waals surface area contributed by atoms with Crippen LogP contribution in [0.4, 0.5) is 11.4 Å². The number of nitrogens with zero attached hydrogens (tertiary/aromatic N) is 2. The molecule has 27 heavy (non-hydrogen) atoms. The fourth-order valence-electron chi connectivity index (χ4n) is 2.73. The lowest BCUT2D eigenvalue weighted by Crippen LogP contribution is -2.10. The number of nitrogens with one attached hydrogen (secondary N) is 1. The van der Waals surface area contributed by atoms with Gasteiger partial charge in [-0.2, -0.15) is 0 Å². The van der Waals surface area contributed by atoms with Crippen LogP contribution in [0.3, 0.4) is 0 Å². The second-order valence-electron chi connectivity index (χ2n) is 6.02. The molecule has 0 radical (unpaired) electrons. The maximum atomic E-state index is 12.5. The highest BCUT2D eigenvalue weighted by Gasteiger charge is 2.19. The number of benzene rings is 1. The van der Waals surface area contributed by atoms with Crippen LogP contribution < -0.4 is 10.1 Å². The number of methoxy groups -OCH3 is 1. The van der Waals surface area contributed by atoms with Crippen LogP contribution in [0, 0.1) is 13.8 Å². The summed E-state index contributed by atoms with van der Waals surface area (Å²) in [6.45, 7) is 5.82. The van der Waals surface area contributed by atoms with Gasteiger partial charge in [0.15, 0.2) is 5.65 Å². The zero-order valence-electron chi connectivity index (χ0n) is 15.6. The fraction of sp³-hybridized carbons (Fsp3) is 0.250. The molecule has 0 fully saturated rings. The normalized spacial score (nSPS) is 10.7. The van der Waals surface area contributed by atoms with Gasteiger partial charge in [0.1, 0.15) is 11.3 Å². The topological polar surface area (TPSA) is 73.3 Å². The predicted octanol–water partition coefficient (Wildman–Crippen LogP) is 4.83. The van der Waals surface area contributed by atoms with E-state index in [0.717, 1.165) is 11.3 Å². The van der Waals surface area contributed by atoms with Crippen LogP contribution in [0.15, 0.2) is 30.5 Å². The van der Waals surface area contributed by atoms with Gasteiger partial charge in [-0.1, -0.05) is 11.6 Å². The van der Waals surface area contributed by atoms with Gasteiger partial charge in [0, 0.05) is 28.4 Å². The highest BCUT2D eigenvalue weighted by atomic mass is 35.5. The van der Waals surface area contributed by atoms with Crippen LogP contribution >= 0.6 is 11.6 Å². The first-order chi connectivity index (χ1) is 12.9. The van der Waals surface area contributed by atoms with E-state index in [1.54, 1.807) is 20.1 Å². The third kappa shape index (κ3) is 3.80. The van der Waals surface area contributed by atoms with Crippen molar-refractivity contribution in [2.24, 2.45) is 0 Å². The van der Waals surface area contributed by atoms with E-state index in [1.807, 2.05) is 32.0 Å². The lowest BCUT2D eigenvalue weighted by Gasteiger charge is -2.17. The van der Waals surface area contributed by atoms with E-state index in [0.29, 0.717) is 38.7 Å². The lowest BCUT2D eigenvalue weighted by atomic mass is 10.1. The number of hydrogen-bond donors (Lipinski definition) is 1. The van der Waals surface area contributed by atoms with E-state index in [1.165, 1.54) is 6.20 Å². The van der Waals surface area contributed by atoms with Crippen molar-refractivity contribution in [2.45, 2.75) is 20.8 Å².